The Balaban J connectivity index is 2.49. The molecule has 0 atom stereocenters. The minimum absolute atomic E-state index is 0.705. The van der Waals surface area contributed by atoms with E-state index in [0.29, 0.717) is 5.56 Å². The molecule has 2 rings (SSSR count). The summed E-state index contributed by atoms with van der Waals surface area (Å²) in [5.41, 5.74) is 4.31. The first-order valence-corrected chi connectivity index (χ1v) is 6.51. The standard InChI is InChI=1S/C16H19N3/c1-4-13(7-8-19(2)3)15-11-18-16-6-5-12(10-17)9-14(15)16/h5-7,9,11,18H,4,8H2,1-3H3/b13-7+. The molecule has 1 N–H and O–H groups in total. The van der Waals surface area contributed by atoms with Crippen LogP contribution in [0.3, 0.4) is 0 Å². The molecule has 3 heteroatoms. The molecule has 0 saturated carbocycles. The Morgan fingerprint density at radius 3 is 2.84 bits per heavy atom. The third kappa shape index (κ3) is 2.86. The number of rotatable bonds is 4. The molecule has 19 heavy (non-hydrogen) atoms. The van der Waals surface area contributed by atoms with Crippen molar-refractivity contribution in [2.75, 3.05) is 20.6 Å². The molecule has 1 aromatic carbocycles. The van der Waals surface area contributed by atoms with E-state index in [-0.39, 0.29) is 0 Å². The van der Waals surface area contributed by atoms with Crippen LogP contribution in [0.25, 0.3) is 16.5 Å². The van der Waals surface area contributed by atoms with Crippen molar-refractivity contribution in [1.29, 1.82) is 5.26 Å². The lowest BCUT2D eigenvalue weighted by Gasteiger charge is -2.08. The van der Waals surface area contributed by atoms with Gasteiger partial charge in [0.1, 0.15) is 0 Å². The third-order valence-corrected chi connectivity index (χ3v) is 3.24. The van der Waals surface area contributed by atoms with Crippen molar-refractivity contribution in [3.63, 3.8) is 0 Å². The maximum Gasteiger partial charge on any atom is 0.0991 e. The van der Waals surface area contributed by atoms with Gasteiger partial charge in [-0.25, -0.2) is 0 Å². The van der Waals surface area contributed by atoms with Crippen molar-refractivity contribution in [1.82, 2.24) is 9.88 Å². The zero-order valence-electron chi connectivity index (χ0n) is 11.7. The Kier molecular flexibility index (Phi) is 4.03. The summed E-state index contributed by atoms with van der Waals surface area (Å²) in [6, 6.07) is 7.97. The summed E-state index contributed by atoms with van der Waals surface area (Å²) in [6.07, 6.45) is 5.27. The molecule has 0 unspecified atom stereocenters. The summed E-state index contributed by atoms with van der Waals surface area (Å²) in [4.78, 5) is 5.42. The van der Waals surface area contributed by atoms with Gasteiger partial charge in [0.15, 0.2) is 0 Å². The summed E-state index contributed by atoms with van der Waals surface area (Å²) in [7, 11) is 4.12. The van der Waals surface area contributed by atoms with E-state index in [1.165, 1.54) is 11.1 Å². The first-order valence-electron chi connectivity index (χ1n) is 6.51. The Labute approximate surface area is 114 Å². The van der Waals surface area contributed by atoms with E-state index < -0.39 is 0 Å². The van der Waals surface area contributed by atoms with Gasteiger partial charge >= 0.3 is 0 Å². The fourth-order valence-electron chi connectivity index (χ4n) is 2.19. The largest absolute Gasteiger partial charge is 0.361 e. The Morgan fingerprint density at radius 2 is 2.21 bits per heavy atom. The Bertz CT molecular complexity index is 642. The van der Waals surface area contributed by atoms with Crippen LogP contribution in [-0.2, 0) is 0 Å². The van der Waals surface area contributed by atoms with Gasteiger partial charge in [-0.1, -0.05) is 13.0 Å². The SMILES string of the molecule is CC/C(=C\CN(C)C)c1c[nH]c2ccc(C#N)cc12. The van der Waals surface area contributed by atoms with Crippen LogP contribution in [0.15, 0.2) is 30.5 Å². The number of hydrogen-bond acceptors (Lipinski definition) is 2. The third-order valence-electron chi connectivity index (χ3n) is 3.24. The fourth-order valence-corrected chi connectivity index (χ4v) is 2.19. The van der Waals surface area contributed by atoms with Crippen LogP contribution in [0.5, 0.6) is 0 Å². The summed E-state index contributed by atoms with van der Waals surface area (Å²) >= 11 is 0. The van der Waals surface area contributed by atoms with Crippen molar-refractivity contribution < 1.29 is 0 Å². The molecule has 0 radical (unpaired) electrons. The van der Waals surface area contributed by atoms with Crippen molar-refractivity contribution in [3.05, 3.63) is 41.6 Å². The van der Waals surface area contributed by atoms with Crippen LogP contribution in [0.1, 0.15) is 24.5 Å². The molecule has 0 aliphatic carbocycles. The average molecular weight is 253 g/mol. The molecule has 2 aromatic rings. The van der Waals surface area contributed by atoms with Crippen molar-refractivity contribution in [2.24, 2.45) is 0 Å². The maximum atomic E-state index is 9.02. The van der Waals surface area contributed by atoms with Gasteiger partial charge in [-0.05, 0) is 44.3 Å². The predicted molar refractivity (Wildman–Crippen MR) is 79.8 cm³/mol. The lowest BCUT2D eigenvalue weighted by atomic mass is 10.0. The maximum absolute atomic E-state index is 9.02. The first-order chi connectivity index (χ1) is 9.15. The van der Waals surface area contributed by atoms with Crippen LogP contribution in [-0.4, -0.2) is 30.5 Å². The van der Waals surface area contributed by atoms with E-state index in [0.717, 1.165) is 23.9 Å². The van der Waals surface area contributed by atoms with Gasteiger partial charge in [-0.2, -0.15) is 5.26 Å². The minimum Gasteiger partial charge on any atom is -0.361 e. The van der Waals surface area contributed by atoms with Crippen LogP contribution < -0.4 is 0 Å². The van der Waals surface area contributed by atoms with Crippen molar-refractivity contribution in [2.45, 2.75) is 13.3 Å². The molecule has 1 heterocycles. The highest BCUT2D eigenvalue weighted by atomic mass is 15.0. The van der Waals surface area contributed by atoms with E-state index in [1.54, 1.807) is 0 Å². The second-order valence-electron chi connectivity index (χ2n) is 4.92. The highest BCUT2D eigenvalue weighted by Gasteiger charge is 2.08. The zero-order valence-corrected chi connectivity index (χ0v) is 11.7. The smallest absolute Gasteiger partial charge is 0.0991 e. The number of hydrogen-bond donors (Lipinski definition) is 1. The van der Waals surface area contributed by atoms with Gasteiger partial charge in [0.05, 0.1) is 11.6 Å². The molecular weight excluding hydrogens is 234 g/mol. The molecule has 0 bridgehead atoms. The van der Waals surface area contributed by atoms with Crippen molar-refractivity contribution in [3.8, 4) is 6.07 Å². The number of nitrogens with one attached hydrogen (secondary N) is 1. The molecule has 0 aliphatic heterocycles. The number of nitrogens with zero attached hydrogens (tertiary/aromatic N) is 2. The highest BCUT2D eigenvalue weighted by molar-refractivity contribution is 5.93. The molecule has 0 aliphatic rings. The number of benzene rings is 1. The van der Waals surface area contributed by atoms with Gasteiger partial charge in [-0.3, -0.25) is 0 Å². The monoisotopic (exact) mass is 253 g/mol. The number of allylic oxidation sites excluding steroid dienone is 1. The lowest BCUT2D eigenvalue weighted by Crippen LogP contribution is -2.11. The molecule has 3 nitrogen and oxygen atoms in total. The summed E-state index contributed by atoms with van der Waals surface area (Å²) in [6.45, 7) is 3.09. The van der Waals surface area contributed by atoms with E-state index in [1.807, 2.05) is 24.4 Å². The highest BCUT2D eigenvalue weighted by Crippen LogP contribution is 2.27. The van der Waals surface area contributed by atoms with Crippen molar-refractivity contribution >= 4 is 16.5 Å². The average Bonchev–Trinajstić information content (AvgIpc) is 2.82. The van der Waals surface area contributed by atoms with E-state index in [4.69, 9.17) is 5.26 Å². The summed E-state index contributed by atoms with van der Waals surface area (Å²) in [5, 5.41) is 10.1. The number of aromatic nitrogens is 1. The Hall–Kier alpha value is -2.05. The second-order valence-corrected chi connectivity index (χ2v) is 4.92. The van der Waals surface area contributed by atoms with Gasteiger partial charge in [0, 0.05) is 29.2 Å². The lowest BCUT2D eigenvalue weighted by molar-refractivity contribution is 0.456. The van der Waals surface area contributed by atoms with Gasteiger partial charge in [0.2, 0.25) is 0 Å². The zero-order chi connectivity index (χ0) is 13.8. The van der Waals surface area contributed by atoms with Gasteiger partial charge < -0.3 is 9.88 Å². The van der Waals surface area contributed by atoms with Crippen LogP contribution in [0.4, 0.5) is 0 Å². The van der Waals surface area contributed by atoms with Crippen LogP contribution in [0.2, 0.25) is 0 Å². The predicted octanol–water partition coefficient (Wildman–Crippen LogP) is 3.39. The quantitative estimate of drug-likeness (QED) is 0.907. The van der Waals surface area contributed by atoms with Crippen LogP contribution >= 0.6 is 0 Å². The van der Waals surface area contributed by atoms with E-state index >= 15 is 0 Å². The summed E-state index contributed by atoms with van der Waals surface area (Å²) < 4.78 is 0. The molecule has 0 fully saturated rings. The number of H-pyrrole nitrogens is 1. The number of likely N-dealkylation sites (N-methyl/N-ethyl adjacent to an activating group) is 1. The number of fused-ring (bicyclic) bond motifs is 1. The molecular formula is C16H19N3. The van der Waals surface area contributed by atoms with Gasteiger partial charge in [-0.15, -0.1) is 0 Å². The number of aromatic amines is 1. The fraction of sp³-hybridized carbons (Fsp3) is 0.312. The van der Waals surface area contributed by atoms with E-state index in [2.05, 4.69) is 43.0 Å². The topological polar surface area (TPSA) is 42.8 Å². The molecule has 98 valence electrons. The van der Waals surface area contributed by atoms with Gasteiger partial charge in [0.25, 0.3) is 0 Å². The van der Waals surface area contributed by atoms with Crippen LogP contribution in [0, 0.1) is 11.3 Å². The molecule has 0 amide bonds. The first kappa shape index (κ1) is 13.4. The van der Waals surface area contributed by atoms with E-state index in [9.17, 15) is 0 Å². The second kappa shape index (κ2) is 5.73. The summed E-state index contributed by atoms with van der Waals surface area (Å²) in [5.74, 6) is 0. The molecule has 0 saturated heterocycles. The molecule has 0 spiro atoms. The minimum atomic E-state index is 0.705. The molecule has 1 aromatic heterocycles. The Morgan fingerprint density at radius 1 is 1.42 bits per heavy atom. The normalized spacial score (nSPS) is 12.1. The number of nitriles is 1.